The van der Waals surface area contributed by atoms with Crippen molar-refractivity contribution in [3.8, 4) is 17.1 Å². The molecule has 0 bridgehead atoms. The van der Waals surface area contributed by atoms with Crippen molar-refractivity contribution in [2.45, 2.75) is 0 Å². The van der Waals surface area contributed by atoms with Crippen LogP contribution in [-0.2, 0) is 4.74 Å². The number of ether oxygens (including phenoxy) is 1. The smallest absolute Gasteiger partial charge is 0.265 e. The second-order valence-electron chi connectivity index (χ2n) is 7.94. The predicted molar refractivity (Wildman–Crippen MR) is 132 cm³/mol. The maximum atomic E-state index is 13.0. The van der Waals surface area contributed by atoms with E-state index in [0.717, 1.165) is 27.0 Å². The number of rotatable bonds is 4. The van der Waals surface area contributed by atoms with Crippen molar-refractivity contribution < 1.29 is 14.6 Å². The maximum Gasteiger partial charge on any atom is 0.265 e. The van der Waals surface area contributed by atoms with Gasteiger partial charge in [-0.05, 0) is 24.3 Å². The number of amides is 1. The number of benzene rings is 2. The molecule has 0 aliphatic carbocycles. The van der Waals surface area contributed by atoms with Crippen LogP contribution in [0, 0.1) is 0 Å². The van der Waals surface area contributed by atoms with Gasteiger partial charge in [-0.1, -0.05) is 18.2 Å². The molecule has 1 aliphatic heterocycles. The zero-order chi connectivity index (χ0) is 23.1. The predicted octanol–water partition coefficient (Wildman–Crippen LogP) is 4.03. The summed E-state index contributed by atoms with van der Waals surface area (Å²) in [6.07, 6.45) is 1.77. The number of phenolic OH excluding ortho intramolecular Hbond substituents is 1. The fraction of sp³-hybridized carbons (Fsp3) is 0.167. The topological polar surface area (TPSA) is 116 Å². The highest BCUT2D eigenvalue weighted by Crippen LogP contribution is 2.36. The van der Waals surface area contributed by atoms with Gasteiger partial charge in [0, 0.05) is 35.8 Å². The van der Waals surface area contributed by atoms with Crippen LogP contribution in [0.15, 0.2) is 54.7 Å². The van der Waals surface area contributed by atoms with Crippen LogP contribution in [0.3, 0.4) is 0 Å². The Hall–Kier alpha value is -4.02. The largest absolute Gasteiger partial charge is 0.508 e. The van der Waals surface area contributed by atoms with E-state index < -0.39 is 0 Å². The van der Waals surface area contributed by atoms with Gasteiger partial charge in [0.1, 0.15) is 5.75 Å². The SMILES string of the molecule is O=C(Nc1cccc(O)c1)c1cc2nc(-c3cccc4[nH]ncc34)nc(N3CCOCC3)c2s1. The van der Waals surface area contributed by atoms with Crippen molar-refractivity contribution in [3.63, 3.8) is 0 Å². The summed E-state index contributed by atoms with van der Waals surface area (Å²) in [7, 11) is 0. The molecule has 1 amide bonds. The number of nitrogens with zero attached hydrogens (tertiary/aromatic N) is 4. The van der Waals surface area contributed by atoms with Gasteiger partial charge >= 0.3 is 0 Å². The molecule has 0 radical (unpaired) electrons. The molecule has 0 unspecified atom stereocenters. The Kier molecular flexibility index (Phi) is 5.08. The third kappa shape index (κ3) is 3.72. The highest BCUT2D eigenvalue weighted by atomic mass is 32.1. The van der Waals surface area contributed by atoms with Crippen LogP contribution in [0.25, 0.3) is 32.5 Å². The lowest BCUT2D eigenvalue weighted by Crippen LogP contribution is -2.36. The van der Waals surface area contributed by atoms with E-state index in [0.29, 0.717) is 48.2 Å². The number of carbonyl (C=O) groups is 1. The fourth-order valence-corrected chi connectivity index (χ4v) is 5.09. The van der Waals surface area contributed by atoms with Gasteiger partial charge in [-0.2, -0.15) is 5.10 Å². The van der Waals surface area contributed by atoms with Crippen LogP contribution in [0.2, 0.25) is 0 Å². The van der Waals surface area contributed by atoms with Crippen LogP contribution in [0.4, 0.5) is 11.5 Å². The third-order valence-electron chi connectivity index (χ3n) is 5.72. The number of phenols is 1. The lowest BCUT2D eigenvalue weighted by Gasteiger charge is -2.28. The van der Waals surface area contributed by atoms with Crippen molar-refractivity contribution in [3.05, 3.63) is 59.6 Å². The van der Waals surface area contributed by atoms with Gasteiger partial charge in [-0.15, -0.1) is 11.3 Å². The number of carbonyl (C=O) groups excluding carboxylic acids is 1. The van der Waals surface area contributed by atoms with Gasteiger partial charge in [-0.3, -0.25) is 9.89 Å². The van der Waals surface area contributed by atoms with Crippen LogP contribution < -0.4 is 10.2 Å². The average molecular weight is 473 g/mol. The molecular weight excluding hydrogens is 452 g/mol. The molecular formula is C24H20N6O3S. The van der Waals surface area contributed by atoms with Crippen molar-refractivity contribution in [2.24, 2.45) is 0 Å². The molecule has 0 saturated carbocycles. The zero-order valence-corrected chi connectivity index (χ0v) is 18.8. The van der Waals surface area contributed by atoms with Crippen LogP contribution in [-0.4, -0.2) is 57.5 Å². The molecule has 34 heavy (non-hydrogen) atoms. The Balaban J connectivity index is 1.46. The number of thiophene rings is 1. The Morgan fingerprint density at radius 2 is 1.97 bits per heavy atom. The highest BCUT2D eigenvalue weighted by Gasteiger charge is 2.22. The first-order chi connectivity index (χ1) is 16.7. The maximum absolute atomic E-state index is 13.0. The minimum absolute atomic E-state index is 0.0904. The Morgan fingerprint density at radius 1 is 1.12 bits per heavy atom. The van der Waals surface area contributed by atoms with Gasteiger partial charge in [0.05, 0.1) is 40.0 Å². The van der Waals surface area contributed by atoms with E-state index in [4.69, 9.17) is 14.7 Å². The van der Waals surface area contributed by atoms with Crippen molar-refractivity contribution in [1.29, 1.82) is 0 Å². The molecule has 5 aromatic rings. The molecule has 0 spiro atoms. The Bertz CT molecular complexity index is 1520. The van der Waals surface area contributed by atoms with E-state index >= 15 is 0 Å². The fourth-order valence-electron chi connectivity index (χ4n) is 4.08. The van der Waals surface area contributed by atoms with Gasteiger partial charge < -0.3 is 20.1 Å². The van der Waals surface area contributed by atoms with Gasteiger partial charge in [0.15, 0.2) is 11.6 Å². The van der Waals surface area contributed by atoms with Crippen molar-refractivity contribution >= 4 is 49.9 Å². The number of morpholine rings is 1. The lowest BCUT2D eigenvalue weighted by atomic mass is 10.1. The molecule has 10 heteroatoms. The molecule has 1 aliphatic rings. The number of nitrogens with one attached hydrogen (secondary N) is 2. The molecule has 9 nitrogen and oxygen atoms in total. The Labute approximate surface area is 198 Å². The summed E-state index contributed by atoms with van der Waals surface area (Å²) in [5.74, 6) is 1.21. The summed E-state index contributed by atoms with van der Waals surface area (Å²) in [4.78, 5) is 25.5. The first-order valence-corrected chi connectivity index (χ1v) is 11.6. The summed E-state index contributed by atoms with van der Waals surface area (Å²) < 4.78 is 6.39. The van der Waals surface area contributed by atoms with E-state index in [2.05, 4.69) is 20.4 Å². The molecule has 1 fully saturated rings. The molecule has 6 rings (SSSR count). The number of aromatic nitrogens is 4. The van der Waals surface area contributed by atoms with E-state index in [1.807, 2.05) is 18.2 Å². The zero-order valence-electron chi connectivity index (χ0n) is 18.0. The van der Waals surface area contributed by atoms with Crippen molar-refractivity contribution in [2.75, 3.05) is 36.5 Å². The monoisotopic (exact) mass is 472 g/mol. The summed E-state index contributed by atoms with van der Waals surface area (Å²) in [5, 5.41) is 20.6. The number of anilines is 2. The summed E-state index contributed by atoms with van der Waals surface area (Å²) >= 11 is 1.36. The summed E-state index contributed by atoms with van der Waals surface area (Å²) in [5.41, 5.74) is 3.01. The summed E-state index contributed by atoms with van der Waals surface area (Å²) in [6.45, 7) is 2.66. The lowest BCUT2D eigenvalue weighted by molar-refractivity contribution is 0.103. The first kappa shape index (κ1) is 20.6. The first-order valence-electron chi connectivity index (χ1n) is 10.8. The average Bonchev–Trinajstić information content (AvgIpc) is 3.51. The summed E-state index contributed by atoms with van der Waals surface area (Å²) in [6, 6.07) is 14.2. The second kappa shape index (κ2) is 8.40. The van der Waals surface area contributed by atoms with Gasteiger partial charge in [0.25, 0.3) is 5.91 Å². The third-order valence-corrected chi connectivity index (χ3v) is 6.84. The number of hydrogen-bond acceptors (Lipinski definition) is 8. The molecule has 2 aromatic carbocycles. The second-order valence-corrected chi connectivity index (χ2v) is 8.99. The molecule has 1 saturated heterocycles. The molecule has 3 N–H and O–H groups in total. The number of hydrogen-bond donors (Lipinski definition) is 3. The molecule has 0 atom stereocenters. The van der Waals surface area contributed by atoms with Crippen LogP contribution in [0.1, 0.15) is 9.67 Å². The van der Waals surface area contributed by atoms with E-state index in [-0.39, 0.29) is 11.7 Å². The number of aromatic hydroxyl groups is 1. The molecule has 4 heterocycles. The minimum Gasteiger partial charge on any atom is -0.508 e. The normalized spacial score (nSPS) is 14.1. The Morgan fingerprint density at radius 3 is 2.82 bits per heavy atom. The van der Waals surface area contributed by atoms with Gasteiger partial charge in [0.2, 0.25) is 0 Å². The molecule has 170 valence electrons. The van der Waals surface area contributed by atoms with E-state index in [1.165, 1.54) is 17.4 Å². The minimum atomic E-state index is -0.264. The van der Waals surface area contributed by atoms with E-state index in [9.17, 15) is 9.90 Å². The van der Waals surface area contributed by atoms with Crippen LogP contribution >= 0.6 is 11.3 Å². The number of fused-ring (bicyclic) bond motifs is 2. The van der Waals surface area contributed by atoms with Crippen LogP contribution in [0.5, 0.6) is 5.75 Å². The number of aromatic amines is 1. The number of H-pyrrole nitrogens is 1. The van der Waals surface area contributed by atoms with Crippen molar-refractivity contribution in [1.82, 2.24) is 20.2 Å². The quantitative estimate of drug-likeness (QED) is 0.362. The van der Waals surface area contributed by atoms with Gasteiger partial charge in [-0.25, -0.2) is 9.97 Å². The highest BCUT2D eigenvalue weighted by molar-refractivity contribution is 7.21. The standard InChI is InChI=1S/C24H20N6O3S/c31-15-4-1-3-14(11-15)26-24(32)20-12-19-21(34-20)23(30-7-9-33-10-8-30)28-22(27-19)16-5-2-6-18-17(16)13-25-29-18/h1-6,11-13,31H,7-10H2,(H,25,29)(H,26,32). The molecule has 3 aromatic heterocycles. The van der Waals surface area contributed by atoms with E-state index in [1.54, 1.807) is 30.5 Å².